The minimum atomic E-state index is -4.73. The van der Waals surface area contributed by atoms with E-state index in [1.165, 1.54) is 16.6 Å². The molecular weight excluding hydrogens is 385 g/mol. The van der Waals surface area contributed by atoms with Crippen LogP contribution in [0.4, 0.5) is 0 Å². The number of hydrogen-bond donors (Lipinski definition) is 6. The number of aromatic nitrogens is 3. The van der Waals surface area contributed by atoms with Crippen molar-refractivity contribution in [1.29, 1.82) is 5.41 Å². The van der Waals surface area contributed by atoms with E-state index in [9.17, 15) is 19.9 Å². The van der Waals surface area contributed by atoms with Crippen LogP contribution >= 0.6 is 7.82 Å². The maximum atomic E-state index is 10.8. The van der Waals surface area contributed by atoms with Gasteiger partial charge in [0, 0.05) is 0 Å². The molecule has 0 spiro atoms. The van der Waals surface area contributed by atoms with E-state index >= 15 is 0 Å². The van der Waals surface area contributed by atoms with E-state index in [1.807, 2.05) is 0 Å². The number of phosphoric ester groups is 1. The van der Waals surface area contributed by atoms with Crippen molar-refractivity contribution < 1.29 is 38.9 Å². The fraction of sp³-hybridized carbons (Fsp3) is 0.462. The van der Waals surface area contributed by atoms with Crippen molar-refractivity contribution in [3.05, 3.63) is 41.1 Å². The summed E-state index contributed by atoms with van der Waals surface area (Å²) in [5, 5.41) is 41.9. The summed E-state index contributed by atoms with van der Waals surface area (Å²) in [6.07, 6.45) is -3.29. The van der Waals surface area contributed by atoms with E-state index in [-0.39, 0.29) is 16.7 Å². The minimum absolute atomic E-state index is 0.191. The van der Waals surface area contributed by atoms with Gasteiger partial charge in [0.15, 0.2) is 18.2 Å². The fourth-order valence-electron chi connectivity index (χ4n) is 2.81. The van der Waals surface area contributed by atoms with Crippen molar-refractivity contribution in [3.63, 3.8) is 0 Å². The van der Waals surface area contributed by atoms with Crippen LogP contribution in [-0.2, 0) is 20.6 Å². The van der Waals surface area contributed by atoms with Gasteiger partial charge in [0.05, 0.1) is 5.69 Å². The molecule has 0 radical (unpaired) electrons. The predicted molar refractivity (Wildman–Crippen MR) is 84.4 cm³/mol. The Morgan fingerprint density at radius 1 is 1.44 bits per heavy atom. The van der Waals surface area contributed by atoms with Gasteiger partial charge in [0.2, 0.25) is 0 Å². The average Bonchev–Trinajstić information content (AvgIpc) is 3.15. The van der Waals surface area contributed by atoms with Gasteiger partial charge in [0.25, 0.3) is 0 Å². The van der Waals surface area contributed by atoms with Gasteiger partial charge < -0.3 is 25.1 Å². The summed E-state index contributed by atoms with van der Waals surface area (Å²) in [6.45, 7) is 5.70. The molecule has 1 aliphatic rings. The van der Waals surface area contributed by atoms with Gasteiger partial charge in [-0.05, 0) is 12.1 Å². The molecule has 13 nitrogen and oxygen atoms in total. The summed E-state index contributed by atoms with van der Waals surface area (Å²) in [6, 6.07) is 2.89. The molecule has 0 aromatic carbocycles. The first-order valence-electron chi connectivity index (χ1n) is 7.49. The number of nitrogens with one attached hydrogen (secondary N) is 1. The van der Waals surface area contributed by atoms with Crippen LogP contribution in [0.3, 0.4) is 0 Å². The van der Waals surface area contributed by atoms with E-state index in [1.54, 1.807) is 0 Å². The van der Waals surface area contributed by atoms with Gasteiger partial charge in [-0.2, -0.15) is 5.10 Å². The van der Waals surface area contributed by atoms with Crippen molar-refractivity contribution in [3.8, 4) is 0 Å². The third-order valence-electron chi connectivity index (χ3n) is 4.22. The van der Waals surface area contributed by atoms with E-state index < -0.39 is 45.2 Å². The van der Waals surface area contributed by atoms with Crippen LogP contribution < -0.4 is 5.49 Å². The lowest BCUT2D eigenvalue weighted by atomic mass is 10.0. The number of phosphoric acid groups is 1. The Labute approximate surface area is 151 Å². The number of rotatable bonds is 5. The highest BCUT2D eigenvalue weighted by molar-refractivity contribution is 7.46. The molecule has 27 heavy (non-hydrogen) atoms. The quantitative estimate of drug-likeness (QED) is 0.245. The van der Waals surface area contributed by atoms with Crippen LogP contribution in [0.25, 0.3) is 10.4 Å². The Bertz CT molecular complexity index is 1010. The van der Waals surface area contributed by atoms with Crippen LogP contribution in [-0.4, -0.2) is 63.8 Å². The molecule has 0 unspecified atom stereocenters. The lowest BCUT2D eigenvalue weighted by molar-refractivity contribution is -0.0819. The Hall–Kier alpha value is -2.14. The van der Waals surface area contributed by atoms with Gasteiger partial charge >= 0.3 is 13.5 Å². The Kier molecular flexibility index (Phi) is 4.93. The number of hydrogen-bond acceptors (Lipinski definition) is 8. The van der Waals surface area contributed by atoms with Crippen molar-refractivity contribution in [2.24, 2.45) is 0 Å². The maximum Gasteiger partial charge on any atom is 0.471 e. The second-order valence-corrected chi connectivity index (χ2v) is 7.08. The van der Waals surface area contributed by atoms with Crippen molar-refractivity contribution >= 4 is 13.3 Å². The lowest BCUT2D eigenvalue weighted by Crippen LogP contribution is -2.43. The van der Waals surface area contributed by atoms with E-state index in [0.717, 1.165) is 10.9 Å². The molecule has 1 fully saturated rings. The van der Waals surface area contributed by atoms with E-state index in [2.05, 4.69) is 14.5 Å². The summed E-state index contributed by atoms with van der Waals surface area (Å²) in [4.78, 5) is 20.6. The highest BCUT2D eigenvalue weighted by Gasteiger charge is 2.61. The number of ether oxygens (including phenoxy) is 1. The van der Waals surface area contributed by atoms with Crippen molar-refractivity contribution in [1.82, 2.24) is 14.2 Å². The van der Waals surface area contributed by atoms with Crippen LogP contribution in [0, 0.1) is 12.0 Å². The second kappa shape index (κ2) is 6.79. The third kappa shape index (κ3) is 3.29. The SMILES string of the molecule is [C-]#[N+][C@]1(CO)O[C@@H](c2ccc3c(=N)n(COP(=O)(O)O)cnn23)[C@H](O)[C@@H]1O. The van der Waals surface area contributed by atoms with Crippen molar-refractivity contribution in [2.75, 3.05) is 6.61 Å². The summed E-state index contributed by atoms with van der Waals surface area (Å²) in [7, 11) is -4.73. The molecule has 4 atom stereocenters. The molecule has 2 aromatic rings. The molecule has 3 heterocycles. The topological polar surface area (TPSA) is 187 Å². The molecule has 0 bridgehead atoms. The zero-order valence-electron chi connectivity index (χ0n) is 13.6. The Morgan fingerprint density at radius 3 is 2.70 bits per heavy atom. The molecule has 14 heteroatoms. The van der Waals surface area contributed by atoms with Crippen molar-refractivity contribution in [2.45, 2.75) is 30.8 Å². The van der Waals surface area contributed by atoms with E-state index in [4.69, 9.17) is 26.5 Å². The summed E-state index contributed by atoms with van der Waals surface area (Å²) < 4.78 is 22.8. The smallest absolute Gasteiger partial charge is 0.387 e. The fourth-order valence-corrected chi connectivity index (χ4v) is 3.08. The maximum absolute atomic E-state index is 10.8. The molecule has 1 saturated heterocycles. The summed E-state index contributed by atoms with van der Waals surface area (Å²) in [5.41, 5.74) is -1.80. The number of aliphatic hydroxyl groups excluding tert-OH is 3. The molecular formula is C13H16N5O8P. The van der Waals surface area contributed by atoms with Gasteiger partial charge in [-0.3, -0.25) is 24.1 Å². The predicted octanol–water partition coefficient (Wildman–Crippen LogP) is -1.92. The molecule has 2 aromatic heterocycles. The molecule has 0 saturated carbocycles. The summed E-state index contributed by atoms with van der Waals surface area (Å²) >= 11 is 0. The van der Waals surface area contributed by atoms with E-state index in [0.29, 0.717) is 0 Å². The third-order valence-corrected chi connectivity index (χ3v) is 4.67. The molecule has 146 valence electrons. The normalized spacial score (nSPS) is 28.5. The first-order valence-corrected chi connectivity index (χ1v) is 9.02. The van der Waals surface area contributed by atoms with Crippen LogP contribution in [0.5, 0.6) is 0 Å². The average molecular weight is 401 g/mol. The lowest BCUT2D eigenvalue weighted by Gasteiger charge is -2.16. The molecule has 0 aliphatic carbocycles. The van der Waals surface area contributed by atoms with Gasteiger partial charge in [0.1, 0.15) is 30.8 Å². The zero-order chi connectivity index (χ0) is 20.0. The summed E-state index contributed by atoms with van der Waals surface area (Å²) in [5.74, 6) is 0. The molecule has 0 amide bonds. The van der Waals surface area contributed by atoms with Gasteiger partial charge in [-0.1, -0.05) is 0 Å². The number of fused-ring (bicyclic) bond motifs is 1. The largest absolute Gasteiger partial charge is 0.471 e. The standard InChI is InChI=1S/C13H16N5O8P/c1-15-13(4-19)11(21)9(20)10(26-13)7-2-3-8-12(14)17(5-16-18(7)8)6-25-27(22,23)24/h2-3,5,9-11,14,19-21H,4,6H2,(H2,22,23,24)/t9-,10-,11-,13+/m0/s1. The van der Waals surface area contributed by atoms with Crippen LogP contribution in [0.1, 0.15) is 11.8 Å². The highest BCUT2D eigenvalue weighted by atomic mass is 31.2. The number of aliphatic hydroxyl groups is 3. The Morgan fingerprint density at radius 2 is 2.15 bits per heavy atom. The first-order chi connectivity index (χ1) is 12.6. The minimum Gasteiger partial charge on any atom is -0.387 e. The zero-order valence-corrected chi connectivity index (χ0v) is 14.5. The monoisotopic (exact) mass is 401 g/mol. The van der Waals surface area contributed by atoms with Crippen LogP contribution in [0.15, 0.2) is 18.5 Å². The Balaban J connectivity index is 1.99. The second-order valence-electron chi connectivity index (χ2n) is 5.84. The molecule has 6 N–H and O–H groups in total. The molecule has 3 rings (SSSR count). The molecule has 1 aliphatic heterocycles. The first kappa shape index (κ1) is 19.6. The van der Waals surface area contributed by atoms with Crippen LogP contribution in [0.2, 0.25) is 0 Å². The van der Waals surface area contributed by atoms with Gasteiger partial charge in [-0.15, -0.1) is 0 Å². The van der Waals surface area contributed by atoms with Gasteiger partial charge in [-0.25, -0.2) is 15.7 Å². The highest BCUT2D eigenvalue weighted by Crippen LogP contribution is 2.41. The number of nitrogens with zero attached hydrogens (tertiary/aromatic N) is 4.